The van der Waals surface area contributed by atoms with Crippen molar-refractivity contribution in [1.29, 1.82) is 0 Å². The number of H-pyrrole nitrogens is 1. The normalized spacial score (nSPS) is 22.2. The van der Waals surface area contributed by atoms with Gasteiger partial charge in [-0.1, -0.05) is 6.07 Å². The highest BCUT2D eigenvalue weighted by Gasteiger charge is 2.39. The largest absolute Gasteiger partial charge is 0.348 e. The molecular formula is C21H27N5O2. The molecule has 1 N–H and O–H groups in total. The summed E-state index contributed by atoms with van der Waals surface area (Å²) in [5.74, 6) is 0.843. The molecule has 2 aliphatic rings. The molecule has 2 aliphatic heterocycles. The Kier molecular flexibility index (Phi) is 5.69. The van der Waals surface area contributed by atoms with E-state index in [0.717, 1.165) is 56.6 Å². The summed E-state index contributed by atoms with van der Waals surface area (Å²) in [6, 6.07) is 4.17. The number of fused-ring (bicyclic) bond motifs is 1. The summed E-state index contributed by atoms with van der Waals surface area (Å²) < 4.78 is 0. The Bertz CT molecular complexity index is 792. The molecule has 7 heteroatoms. The molecule has 2 saturated heterocycles. The van der Waals surface area contributed by atoms with E-state index in [-0.39, 0.29) is 17.9 Å². The monoisotopic (exact) mass is 381 g/mol. The number of nitrogens with one attached hydrogen (secondary N) is 1. The maximum Gasteiger partial charge on any atom is 0.222 e. The van der Waals surface area contributed by atoms with Crippen molar-refractivity contribution in [2.24, 2.45) is 5.92 Å². The molecule has 2 amide bonds. The number of nitrogens with zero attached hydrogens (tertiary/aromatic N) is 4. The number of hydrogen-bond acceptors (Lipinski definition) is 4. The van der Waals surface area contributed by atoms with E-state index < -0.39 is 0 Å². The number of likely N-dealkylation sites (tertiary alicyclic amines) is 2. The second-order valence-corrected chi connectivity index (χ2v) is 7.77. The molecule has 4 heterocycles. The Balaban J connectivity index is 1.32. The third kappa shape index (κ3) is 4.24. The summed E-state index contributed by atoms with van der Waals surface area (Å²) >= 11 is 0. The van der Waals surface area contributed by atoms with E-state index in [1.165, 1.54) is 0 Å². The summed E-state index contributed by atoms with van der Waals surface area (Å²) in [5.41, 5.74) is 2.15. The zero-order chi connectivity index (χ0) is 19.3. The molecule has 2 atom stereocenters. The predicted octanol–water partition coefficient (Wildman–Crippen LogP) is 1.82. The summed E-state index contributed by atoms with van der Waals surface area (Å²) in [4.78, 5) is 40.5. The van der Waals surface area contributed by atoms with E-state index in [1.807, 2.05) is 34.3 Å². The fourth-order valence-corrected chi connectivity index (χ4v) is 4.49. The molecule has 7 nitrogen and oxygen atoms in total. The lowest BCUT2D eigenvalue weighted by Crippen LogP contribution is -2.57. The van der Waals surface area contributed by atoms with Gasteiger partial charge in [-0.2, -0.15) is 0 Å². The second kappa shape index (κ2) is 8.54. The van der Waals surface area contributed by atoms with Gasteiger partial charge < -0.3 is 14.8 Å². The van der Waals surface area contributed by atoms with Gasteiger partial charge in [-0.05, 0) is 36.8 Å². The van der Waals surface area contributed by atoms with Crippen LogP contribution in [0.2, 0.25) is 0 Å². The van der Waals surface area contributed by atoms with Crippen LogP contribution in [0, 0.1) is 5.92 Å². The Morgan fingerprint density at radius 2 is 2.14 bits per heavy atom. The number of carbonyl (C=O) groups excluding carboxylic acids is 2. The zero-order valence-electron chi connectivity index (χ0n) is 16.1. The van der Waals surface area contributed by atoms with Crippen LogP contribution in [0.3, 0.4) is 0 Å². The number of imidazole rings is 1. The summed E-state index contributed by atoms with van der Waals surface area (Å²) in [7, 11) is 0. The average molecular weight is 381 g/mol. The molecule has 0 aromatic carbocycles. The Labute approximate surface area is 165 Å². The van der Waals surface area contributed by atoms with Gasteiger partial charge in [-0.15, -0.1) is 0 Å². The van der Waals surface area contributed by atoms with Gasteiger partial charge in [-0.25, -0.2) is 4.98 Å². The first-order valence-electron chi connectivity index (χ1n) is 10.1. The predicted molar refractivity (Wildman–Crippen MR) is 104 cm³/mol. The zero-order valence-corrected chi connectivity index (χ0v) is 16.1. The molecule has 2 fully saturated rings. The van der Waals surface area contributed by atoms with Gasteiger partial charge in [0.1, 0.15) is 0 Å². The maximum atomic E-state index is 12.7. The van der Waals surface area contributed by atoms with Crippen LogP contribution < -0.4 is 0 Å². The average Bonchev–Trinajstić information content (AvgIpc) is 3.25. The highest BCUT2D eigenvalue weighted by molar-refractivity contribution is 5.78. The lowest BCUT2D eigenvalue weighted by molar-refractivity contribution is -0.144. The summed E-state index contributed by atoms with van der Waals surface area (Å²) in [5, 5.41) is 0. The number of aromatic amines is 1. The number of carbonyl (C=O) groups is 2. The molecule has 2 aromatic rings. The smallest absolute Gasteiger partial charge is 0.222 e. The molecule has 0 unspecified atom stereocenters. The van der Waals surface area contributed by atoms with Crippen molar-refractivity contribution >= 4 is 11.8 Å². The van der Waals surface area contributed by atoms with Crippen LogP contribution in [0.25, 0.3) is 0 Å². The van der Waals surface area contributed by atoms with Crippen molar-refractivity contribution in [1.82, 2.24) is 24.8 Å². The third-order valence-electron chi connectivity index (χ3n) is 6.02. The number of aryl methyl sites for hydroxylation is 1. The lowest BCUT2D eigenvalue weighted by Gasteiger charge is -2.47. The number of pyridine rings is 1. The fraction of sp³-hybridized carbons (Fsp3) is 0.524. The van der Waals surface area contributed by atoms with E-state index in [4.69, 9.17) is 0 Å². The SMILES string of the molecule is O=C(CCc1cccnc1)N1CC[C@@H]2[C@@H](CCC(=O)N2CCc2cnc[nH]2)C1. The van der Waals surface area contributed by atoms with Crippen molar-refractivity contribution in [3.8, 4) is 0 Å². The summed E-state index contributed by atoms with van der Waals surface area (Å²) in [6.07, 6.45) is 11.4. The minimum absolute atomic E-state index is 0.211. The number of aromatic nitrogens is 3. The van der Waals surface area contributed by atoms with Gasteiger partial charge in [0.2, 0.25) is 11.8 Å². The van der Waals surface area contributed by atoms with Crippen molar-refractivity contribution in [3.63, 3.8) is 0 Å². The first kappa shape index (κ1) is 18.7. The van der Waals surface area contributed by atoms with Crippen molar-refractivity contribution < 1.29 is 9.59 Å². The number of piperidine rings is 2. The van der Waals surface area contributed by atoms with Crippen LogP contribution in [0.5, 0.6) is 0 Å². The van der Waals surface area contributed by atoms with Crippen molar-refractivity contribution in [2.75, 3.05) is 19.6 Å². The van der Waals surface area contributed by atoms with E-state index >= 15 is 0 Å². The van der Waals surface area contributed by atoms with E-state index in [1.54, 1.807) is 12.5 Å². The van der Waals surface area contributed by atoms with Gasteiger partial charge in [-0.3, -0.25) is 14.6 Å². The Morgan fingerprint density at radius 3 is 2.93 bits per heavy atom. The van der Waals surface area contributed by atoms with E-state index in [2.05, 4.69) is 15.0 Å². The first-order chi connectivity index (χ1) is 13.7. The van der Waals surface area contributed by atoms with Gasteiger partial charge >= 0.3 is 0 Å². The molecular weight excluding hydrogens is 354 g/mol. The van der Waals surface area contributed by atoms with Gasteiger partial charge in [0, 0.05) is 69.2 Å². The quantitative estimate of drug-likeness (QED) is 0.827. The van der Waals surface area contributed by atoms with Crippen LogP contribution in [0.4, 0.5) is 0 Å². The Hall–Kier alpha value is -2.70. The van der Waals surface area contributed by atoms with Crippen LogP contribution in [0.1, 0.15) is 36.9 Å². The minimum atomic E-state index is 0.211. The number of hydrogen-bond donors (Lipinski definition) is 1. The van der Waals surface area contributed by atoms with E-state index in [9.17, 15) is 9.59 Å². The molecule has 28 heavy (non-hydrogen) atoms. The highest BCUT2D eigenvalue weighted by atomic mass is 16.2. The van der Waals surface area contributed by atoms with Crippen LogP contribution in [0.15, 0.2) is 37.1 Å². The second-order valence-electron chi connectivity index (χ2n) is 7.77. The van der Waals surface area contributed by atoms with Crippen LogP contribution in [-0.4, -0.2) is 62.2 Å². The molecule has 4 rings (SSSR count). The number of rotatable bonds is 6. The molecule has 0 spiro atoms. The Morgan fingerprint density at radius 1 is 1.21 bits per heavy atom. The van der Waals surface area contributed by atoms with Gasteiger partial charge in [0.05, 0.1) is 6.33 Å². The van der Waals surface area contributed by atoms with E-state index in [0.29, 0.717) is 18.8 Å². The lowest BCUT2D eigenvalue weighted by atomic mass is 9.83. The minimum Gasteiger partial charge on any atom is -0.348 e. The van der Waals surface area contributed by atoms with Crippen LogP contribution >= 0.6 is 0 Å². The van der Waals surface area contributed by atoms with Gasteiger partial charge in [0.25, 0.3) is 0 Å². The molecule has 148 valence electrons. The number of amides is 2. The molecule has 0 saturated carbocycles. The molecule has 0 aliphatic carbocycles. The van der Waals surface area contributed by atoms with Gasteiger partial charge in [0.15, 0.2) is 0 Å². The highest BCUT2D eigenvalue weighted by Crippen LogP contribution is 2.31. The molecule has 2 aromatic heterocycles. The molecule has 0 bridgehead atoms. The van der Waals surface area contributed by atoms with Crippen molar-refractivity contribution in [3.05, 3.63) is 48.3 Å². The summed E-state index contributed by atoms with van der Waals surface area (Å²) in [6.45, 7) is 2.22. The first-order valence-corrected chi connectivity index (χ1v) is 10.1. The molecule has 0 radical (unpaired) electrons. The standard InChI is InChI=1S/C21H27N5O2/c27-20(5-3-16-2-1-9-22-12-16)25-10-8-19-17(14-25)4-6-21(28)26(19)11-7-18-13-23-15-24-18/h1-2,9,12-13,15,17,19H,3-8,10-11,14H2,(H,23,24)/t17-,19+/m0/s1. The van der Waals surface area contributed by atoms with Crippen molar-refractivity contribution in [2.45, 2.75) is 44.6 Å². The third-order valence-corrected chi connectivity index (χ3v) is 6.02. The maximum absolute atomic E-state index is 12.7. The van der Waals surface area contributed by atoms with Crippen LogP contribution in [-0.2, 0) is 22.4 Å². The fourth-order valence-electron chi connectivity index (χ4n) is 4.49. The topological polar surface area (TPSA) is 82.2 Å².